The molecule has 5 rings (SSSR count). The Hall–Kier alpha value is -4.83. The summed E-state index contributed by atoms with van der Waals surface area (Å²) in [6.07, 6.45) is 1.23. The molecule has 1 amide bonds. The molecule has 2 heterocycles. The molecule has 0 radical (unpaired) electrons. The molecule has 208 valence electrons. The van der Waals surface area contributed by atoms with E-state index in [4.69, 9.17) is 9.47 Å². The van der Waals surface area contributed by atoms with Crippen molar-refractivity contribution in [3.63, 3.8) is 0 Å². The van der Waals surface area contributed by atoms with Gasteiger partial charge < -0.3 is 19.7 Å². The first kappa shape index (κ1) is 27.7. The Morgan fingerprint density at radius 1 is 1.00 bits per heavy atom. The molecule has 0 bridgehead atoms. The number of carbonyl (C=O) groups excluding carboxylic acids is 2. The summed E-state index contributed by atoms with van der Waals surface area (Å²) in [6, 6.07) is 27.8. The minimum Gasteiger partial charge on any atom is -0.467 e. The van der Waals surface area contributed by atoms with Gasteiger partial charge in [0.05, 0.1) is 24.6 Å². The summed E-state index contributed by atoms with van der Waals surface area (Å²) in [6.45, 7) is 5.84. The zero-order valence-corrected chi connectivity index (χ0v) is 23.7. The monoisotopic (exact) mass is 547 g/mol. The Balaban J connectivity index is 1.62. The fourth-order valence-electron chi connectivity index (χ4n) is 5.73. The van der Waals surface area contributed by atoms with E-state index in [9.17, 15) is 14.9 Å². The van der Waals surface area contributed by atoms with Crippen LogP contribution in [0.1, 0.15) is 55.4 Å². The van der Waals surface area contributed by atoms with E-state index < -0.39 is 23.7 Å². The zero-order valence-electron chi connectivity index (χ0n) is 23.7. The second-order valence-electron chi connectivity index (χ2n) is 11.1. The third-order valence-electron chi connectivity index (χ3n) is 7.27. The highest BCUT2D eigenvalue weighted by atomic mass is 16.6. The fourth-order valence-corrected chi connectivity index (χ4v) is 5.73. The number of hydrogen-bond donors (Lipinski definition) is 1. The van der Waals surface area contributed by atoms with Gasteiger partial charge in [0, 0.05) is 35.2 Å². The van der Waals surface area contributed by atoms with Crippen LogP contribution in [-0.2, 0) is 14.3 Å². The third kappa shape index (κ3) is 5.59. The first-order chi connectivity index (χ1) is 19.7. The fraction of sp³-hybridized carbons (Fsp3) is 0.265. The summed E-state index contributed by atoms with van der Waals surface area (Å²) in [5, 5.41) is 12.6. The Morgan fingerprint density at radius 2 is 1.63 bits per heavy atom. The van der Waals surface area contributed by atoms with Crippen molar-refractivity contribution in [3.05, 3.63) is 113 Å². The lowest BCUT2D eigenvalue weighted by atomic mass is 9.82. The van der Waals surface area contributed by atoms with Crippen LogP contribution in [0.25, 0.3) is 11.1 Å². The normalized spacial score (nSPS) is 17.5. The lowest BCUT2D eigenvalue weighted by molar-refractivity contribution is -0.143. The number of allylic oxidation sites excluding steroid dienone is 2. The van der Waals surface area contributed by atoms with Crippen molar-refractivity contribution in [2.75, 3.05) is 18.6 Å². The van der Waals surface area contributed by atoms with Gasteiger partial charge in [-0.15, -0.1) is 0 Å². The van der Waals surface area contributed by atoms with Gasteiger partial charge in [-0.3, -0.25) is 0 Å². The lowest BCUT2D eigenvalue weighted by Crippen LogP contribution is -2.45. The lowest BCUT2D eigenvalue weighted by Gasteiger charge is -2.34. The number of amides is 1. The van der Waals surface area contributed by atoms with Gasteiger partial charge in [0.2, 0.25) is 0 Å². The number of rotatable bonds is 6. The first-order valence-electron chi connectivity index (χ1n) is 13.6. The average molecular weight is 548 g/mol. The van der Waals surface area contributed by atoms with Crippen molar-refractivity contribution in [1.82, 2.24) is 5.32 Å². The minimum absolute atomic E-state index is 0.127. The number of anilines is 1. The number of nitrogens with zero attached hydrogens (tertiary/aromatic N) is 2. The summed E-state index contributed by atoms with van der Waals surface area (Å²) < 4.78 is 10.5. The number of nitrogens with one attached hydrogen (secondary N) is 1. The molecule has 0 fully saturated rings. The van der Waals surface area contributed by atoms with Crippen molar-refractivity contribution in [1.29, 1.82) is 5.26 Å². The molecule has 2 aliphatic heterocycles. The largest absolute Gasteiger partial charge is 0.467 e. The van der Waals surface area contributed by atoms with Crippen molar-refractivity contribution in [2.45, 2.75) is 44.8 Å². The number of ether oxygens (including phenoxy) is 2. The zero-order chi connectivity index (χ0) is 29.1. The van der Waals surface area contributed by atoms with Crippen LogP contribution in [0, 0.1) is 11.3 Å². The molecule has 0 saturated heterocycles. The van der Waals surface area contributed by atoms with E-state index in [1.54, 1.807) is 26.8 Å². The summed E-state index contributed by atoms with van der Waals surface area (Å²) >= 11 is 0. The van der Waals surface area contributed by atoms with Crippen LogP contribution in [0.2, 0.25) is 0 Å². The highest BCUT2D eigenvalue weighted by Crippen LogP contribution is 2.53. The number of methoxy groups -OCH3 is 1. The molecule has 7 nitrogen and oxygen atoms in total. The third-order valence-corrected chi connectivity index (χ3v) is 7.27. The van der Waals surface area contributed by atoms with Gasteiger partial charge in [-0.05, 0) is 43.9 Å². The van der Waals surface area contributed by atoms with E-state index in [2.05, 4.69) is 52.7 Å². The maximum absolute atomic E-state index is 12.8. The number of nitriles is 1. The van der Waals surface area contributed by atoms with E-state index in [1.165, 1.54) is 7.11 Å². The Bertz CT molecular complexity index is 1560. The number of para-hydroxylation sites is 1. The second kappa shape index (κ2) is 11.3. The number of esters is 1. The summed E-state index contributed by atoms with van der Waals surface area (Å²) in [7, 11) is 1.31. The summed E-state index contributed by atoms with van der Waals surface area (Å²) in [4.78, 5) is 27.6. The molecule has 0 saturated carbocycles. The molecule has 7 heteroatoms. The van der Waals surface area contributed by atoms with E-state index in [0.29, 0.717) is 13.0 Å². The van der Waals surface area contributed by atoms with Crippen molar-refractivity contribution >= 4 is 28.9 Å². The molecule has 3 aromatic rings. The maximum Gasteiger partial charge on any atom is 0.408 e. The van der Waals surface area contributed by atoms with Gasteiger partial charge in [-0.2, -0.15) is 5.26 Å². The molecule has 0 aromatic heterocycles. The molecule has 2 aliphatic rings. The van der Waals surface area contributed by atoms with Gasteiger partial charge in [0.25, 0.3) is 0 Å². The van der Waals surface area contributed by atoms with Crippen LogP contribution in [0.5, 0.6) is 0 Å². The predicted molar refractivity (Wildman–Crippen MR) is 159 cm³/mol. The van der Waals surface area contributed by atoms with Gasteiger partial charge in [0.15, 0.2) is 0 Å². The van der Waals surface area contributed by atoms with Gasteiger partial charge in [-0.25, -0.2) is 9.59 Å². The summed E-state index contributed by atoms with van der Waals surface area (Å²) in [5.41, 5.74) is 7.28. The van der Waals surface area contributed by atoms with Crippen LogP contribution in [-0.4, -0.2) is 37.4 Å². The second-order valence-corrected chi connectivity index (χ2v) is 11.1. The molecular weight excluding hydrogens is 514 g/mol. The number of alkyl carbamates (subject to hydrolysis) is 1. The average Bonchev–Trinajstić information content (AvgIpc) is 3.32. The SMILES string of the molecule is COC(=O)[C@H](C[C@H]1CN2/C(=C/C#N)C(c3ccccc3)=C(c3ccccc3)c3cccc1c32)NC(=O)OC(C)(C)C. The quantitative estimate of drug-likeness (QED) is 0.283. The Labute approximate surface area is 240 Å². The van der Waals surface area contributed by atoms with Gasteiger partial charge in [0.1, 0.15) is 11.6 Å². The molecule has 2 atom stereocenters. The van der Waals surface area contributed by atoms with E-state index in [-0.39, 0.29) is 5.92 Å². The highest BCUT2D eigenvalue weighted by Gasteiger charge is 2.41. The molecule has 1 N–H and O–H groups in total. The van der Waals surface area contributed by atoms with Crippen molar-refractivity contribution in [3.8, 4) is 6.07 Å². The Morgan fingerprint density at radius 3 is 2.22 bits per heavy atom. The van der Waals surface area contributed by atoms with Crippen LogP contribution in [0.4, 0.5) is 10.5 Å². The molecule has 0 aliphatic carbocycles. The standard InChI is InChI=1S/C34H33N3O4/c1-34(2,3)41-33(39)36-27(32(38)40-4)20-24-21-37-28(18-19-35)30(23-14-9-6-10-15-23)29(22-12-7-5-8-13-22)26-17-11-16-25(24)31(26)37/h5-18,24,27H,20-21H2,1-4H3,(H,36,39)/b28-18+/t24-,27-/m0/s1. The van der Waals surface area contributed by atoms with E-state index in [0.717, 1.165) is 44.8 Å². The topological polar surface area (TPSA) is 91.7 Å². The van der Waals surface area contributed by atoms with Crippen LogP contribution < -0.4 is 10.2 Å². The Kier molecular flexibility index (Phi) is 7.67. The molecule has 0 unspecified atom stereocenters. The number of hydrogen-bond acceptors (Lipinski definition) is 6. The number of carbonyl (C=O) groups is 2. The summed E-state index contributed by atoms with van der Waals surface area (Å²) in [5.74, 6) is -0.666. The molecular formula is C34H33N3O4. The molecule has 3 aromatic carbocycles. The van der Waals surface area contributed by atoms with Crippen LogP contribution >= 0.6 is 0 Å². The van der Waals surface area contributed by atoms with E-state index in [1.807, 2.05) is 42.5 Å². The molecule has 41 heavy (non-hydrogen) atoms. The predicted octanol–water partition coefficient (Wildman–Crippen LogP) is 6.43. The van der Waals surface area contributed by atoms with Crippen molar-refractivity contribution < 1.29 is 19.1 Å². The minimum atomic E-state index is -0.907. The maximum atomic E-state index is 12.8. The van der Waals surface area contributed by atoms with Crippen LogP contribution in [0.15, 0.2) is 90.6 Å². The van der Waals surface area contributed by atoms with Crippen molar-refractivity contribution in [2.24, 2.45) is 0 Å². The van der Waals surface area contributed by atoms with Crippen LogP contribution in [0.3, 0.4) is 0 Å². The van der Waals surface area contributed by atoms with Gasteiger partial charge in [-0.1, -0.05) is 78.9 Å². The van der Waals surface area contributed by atoms with E-state index >= 15 is 0 Å². The highest BCUT2D eigenvalue weighted by molar-refractivity contribution is 6.12. The smallest absolute Gasteiger partial charge is 0.408 e. The van der Waals surface area contributed by atoms with Gasteiger partial charge >= 0.3 is 12.1 Å². The molecule has 0 spiro atoms. The first-order valence-corrected chi connectivity index (χ1v) is 13.6. The number of benzene rings is 3.